The largest absolute Gasteiger partial charge is 0.493 e. The average molecular weight is 362 g/mol. The number of esters is 1. The summed E-state index contributed by atoms with van der Waals surface area (Å²) < 4.78 is 6.43. The molecule has 1 aliphatic rings. The van der Waals surface area contributed by atoms with Crippen LogP contribution in [0.4, 0.5) is 0 Å². The molecule has 0 atom stereocenters. The number of amides is 1. The van der Waals surface area contributed by atoms with E-state index in [0.29, 0.717) is 21.0 Å². The number of thiazole rings is 1. The van der Waals surface area contributed by atoms with Gasteiger partial charge in [0.25, 0.3) is 5.91 Å². The minimum atomic E-state index is -0.503. The molecule has 1 aromatic carbocycles. The van der Waals surface area contributed by atoms with E-state index in [1.807, 2.05) is 19.1 Å². The first kappa shape index (κ1) is 16.5. The summed E-state index contributed by atoms with van der Waals surface area (Å²) in [6.45, 7) is 3.61. The Bertz CT molecular complexity index is 1030. The van der Waals surface area contributed by atoms with Crippen LogP contribution in [0.15, 0.2) is 23.2 Å². The third-order valence-corrected chi connectivity index (χ3v) is 5.08. The van der Waals surface area contributed by atoms with Crippen molar-refractivity contribution in [2.75, 3.05) is 6.61 Å². The number of hydrogen-bond acceptors (Lipinski definition) is 6. The van der Waals surface area contributed by atoms with Gasteiger partial charge in [-0.15, -0.1) is 11.3 Å². The van der Waals surface area contributed by atoms with E-state index in [4.69, 9.17) is 17.0 Å². The standard InChI is InChI=1S/C16H14N2O4S2/c1-3-22-10(19)7-18-15(21)13(24-16(18)23)11-9-6-4-5-8(2)12(9)17-14(11)20/h4-6,21H,3,7H2,1-2H3. The Kier molecular flexibility index (Phi) is 4.33. The van der Waals surface area contributed by atoms with E-state index in [9.17, 15) is 14.7 Å². The highest BCUT2D eigenvalue weighted by atomic mass is 32.1. The zero-order valence-electron chi connectivity index (χ0n) is 13.0. The van der Waals surface area contributed by atoms with Crippen LogP contribution >= 0.6 is 23.6 Å². The number of carbonyl (C=O) groups excluding carboxylic acids is 2. The lowest BCUT2D eigenvalue weighted by Crippen LogP contribution is -2.25. The van der Waals surface area contributed by atoms with Crippen LogP contribution in [0.2, 0.25) is 0 Å². The second-order valence-corrected chi connectivity index (χ2v) is 6.82. The van der Waals surface area contributed by atoms with Crippen molar-refractivity contribution < 1.29 is 19.4 Å². The lowest BCUT2D eigenvalue weighted by molar-refractivity contribution is -0.143. The predicted molar refractivity (Wildman–Crippen MR) is 90.9 cm³/mol. The Labute approximate surface area is 146 Å². The maximum absolute atomic E-state index is 12.3. The number of ether oxygens (including phenoxy) is 1. The Morgan fingerprint density at radius 1 is 1.46 bits per heavy atom. The maximum atomic E-state index is 12.3. The Balaban J connectivity index is 2.17. The summed E-state index contributed by atoms with van der Waals surface area (Å²) in [6, 6.07) is 5.48. The average Bonchev–Trinajstić information content (AvgIpc) is 2.99. The summed E-state index contributed by atoms with van der Waals surface area (Å²) in [5, 5.41) is 11.8. The second kappa shape index (κ2) is 6.29. The molecule has 0 saturated heterocycles. The molecule has 0 saturated carbocycles. The van der Waals surface area contributed by atoms with Crippen molar-refractivity contribution in [1.82, 2.24) is 4.57 Å². The number of hydrogen-bond donors (Lipinski definition) is 1. The molecule has 0 bridgehead atoms. The third-order valence-electron chi connectivity index (χ3n) is 3.62. The van der Waals surface area contributed by atoms with E-state index in [1.54, 1.807) is 13.0 Å². The molecule has 0 fully saturated rings. The lowest BCUT2D eigenvalue weighted by atomic mass is 10.1. The lowest BCUT2D eigenvalue weighted by Gasteiger charge is -2.05. The van der Waals surface area contributed by atoms with E-state index in [1.165, 1.54) is 4.57 Å². The van der Waals surface area contributed by atoms with Crippen molar-refractivity contribution in [1.29, 1.82) is 0 Å². The maximum Gasteiger partial charge on any atom is 0.326 e. The van der Waals surface area contributed by atoms with Crippen LogP contribution in [0.1, 0.15) is 17.4 Å². The molecule has 0 radical (unpaired) electrons. The first-order valence-corrected chi connectivity index (χ1v) is 8.48. The molecular weight excluding hydrogens is 348 g/mol. The van der Waals surface area contributed by atoms with Crippen LogP contribution in [0.3, 0.4) is 0 Å². The molecule has 0 spiro atoms. The van der Waals surface area contributed by atoms with Gasteiger partial charge in [-0.3, -0.25) is 14.2 Å². The molecule has 1 aliphatic heterocycles. The van der Waals surface area contributed by atoms with Gasteiger partial charge in [0.1, 0.15) is 11.4 Å². The van der Waals surface area contributed by atoms with Crippen LogP contribution in [-0.2, 0) is 20.9 Å². The van der Waals surface area contributed by atoms with Gasteiger partial charge >= 0.3 is 5.97 Å². The number of aromatic hydroxyl groups is 1. The summed E-state index contributed by atoms with van der Waals surface area (Å²) in [6.07, 6.45) is 0. The number of aryl methyl sites for hydroxylation is 1. The van der Waals surface area contributed by atoms with Gasteiger partial charge in [-0.05, 0) is 31.6 Å². The normalized spacial score (nSPS) is 12.9. The quantitative estimate of drug-likeness (QED) is 0.653. The molecule has 0 unspecified atom stereocenters. The molecule has 1 amide bonds. The molecule has 2 heterocycles. The number of aromatic nitrogens is 1. The molecule has 1 aromatic heterocycles. The van der Waals surface area contributed by atoms with Gasteiger partial charge in [-0.2, -0.15) is 0 Å². The first-order chi connectivity index (χ1) is 11.4. The zero-order valence-corrected chi connectivity index (χ0v) is 14.7. The Morgan fingerprint density at radius 3 is 2.92 bits per heavy atom. The molecule has 2 aromatic rings. The Morgan fingerprint density at radius 2 is 2.21 bits per heavy atom. The number of benzene rings is 1. The van der Waals surface area contributed by atoms with Gasteiger partial charge in [0.15, 0.2) is 3.95 Å². The monoisotopic (exact) mass is 362 g/mol. The fourth-order valence-corrected chi connectivity index (χ4v) is 3.87. The van der Waals surface area contributed by atoms with Crippen LogP contribution in [-0.4, -0.2) is 28.2 Å². The molecular formula is C16H14N2O4S2. The van der Waals surface area contributed by atoms with Gasteiger partial charge in [0.05, 0.1) is 17.5 Å². The topological polar surface area (TPSA) is 80.9 Å². The van der Waals surface area contributed by atoms with Gasteiger partial charge < -0.3 is 9.84 Å². The smallest absolute Gasteiger partial charge is 0.326 e. The minimum absolute atomic E-state index is 0.200. The summed E-state index contributed by atoms with van der Waals surface area (Å²) in [7, 11) is 0. The molecule has 124 valence electrons. The molecule has 6 nitrogen and oxygen atoms in total. The number of para-hydroxylation sites is 1. The second-order valence-electron chi connectivity index (χ2n) is 5.17. The van der Waals surface area contributed by atoms with Crippen LogP contribution in [0, 0.1) is 10.9 Å². The van der Waals surface area contributed by atoms with Crippen molar-refractivity contribution in [3.63, 3.8) is 0 Å². The Hall–Kier alpha value is -2.32. The highest BCUT2D eigenvalue weighted by Crippen LogP contribution is 2.32. The fraction of sp³-hybridized carbons (Fsp3) is 0.250. The highest BCUT2D eigenvalue weighted by molar-refractivity contribution is 7.73. The van der Waals surface area contributed by atoms with Gasteiger partial charge in [0.2, 0.25) is 5.88 Å². The predicted octanol–water partition coefficient (Wildman–Crippen LogP) is 1.22. The number of fused-ring (bicyclic) bond motifs is 1. The molecule has 1 N–H and O–H groups in total. The van der Waals surface area contributed by atoms with Crippen molar-refractivity contribution in [2.24, 2.45) is 4.99 Å². The zero-order chi connectivity index (χ0) is 17.4. The number of carbonyl (C=O) groups is 2. The SMILES string of the molecule is CCOC(=O)Cn1c(O)c(C2=c3cccc(C)c3=NC2=O)sc1=S. The van der Waals surface area contributed by atoms with Crippen molar-refractivity contribution in [3.8, 4) is 5.88 Å². The van der Waals surface area contributed by atoms with E-state index in [0.717, 1.165) is 16.9 Å². The van der Waals surface area contributed by atoms with E-state index in [2.05, 4.69) is 4.99 Å². The van der Waals surface area contributed by atoms with Gasteiger partial charge in [-0.1, -0.05) is 18.2 Å². The van der Waals surface area contributed by atoms with E-state index in [-0.39, 0.29) is 23.0 Å². The summed E-state index contributed by atoms with van der Waals surface area (Å²) in [5.74, 6) is -1.14. The first-order valence-electron chi connectivity index (χ1n) is 7.25. The van der Waals surface area contributed by atoms with Crippen LogP contribution in [0.25, 0.3) is 5.57 Å². The molecule has 8 heteroatoms. The summed E-state index contributed by atoms with van der Waals surface area (Å²) in [4.78, 5) is 28.4. The van der Waals surface area contributed by atoms with E-state index >= 15 is 0 Å². The van der Waals surface area contributed by atoms with Crippen LogP contribution < -0.4 is 10.6 Å². The highest BCUT2D eigenvalue weighted by Gasteiger charge is 2.26. The molecule has 24 heavy (non-hydrogen) atoms. The number of rotatable bonds is 4. The molecule has 3 rings (SSSR count). The van der Waals surface area contributed by atoms with E-state index < -0.39 is 11.9 Å². The van der Waals surface area contributed by atoms with Crippen molar-refractivity contribution in [2.45, 2.75) is 20.4 Å². The van der Waals surface area contributed by atoms with Crippen molar-refractivity contribution in [3.05, 3.63) is 43.2 Å². The summed E-state index contributed by atoms with van der Waals surface area (Å²) >= 11 is 6.29. The van der Waals surface area contributed by atoms with Crippen molar-refractivity contribution >= 4 is 41.0 Å². The third kappa shape index (κ3) is 2.67. The van der Waals surface area contributed by atoms with Gasteiger partial charge in [0, 0.05) is 5.22 Å². The summed E-state index contributed by atoms with van der Waals surface area (Å²) in [5.41, 5.74) is 1.19. The van der Waals surface area contributed by atoms with Gasteiger partial charge in [-0.25, -0.2) is 4.99 Å². The molecule has 0 aliphatic carbocycles. The fourth-order valence-electron chi connectivity index (χ4n) is 2.54. The number of nitrogens with zero attached hydrogens (tertiary/aromatic N) is 2. The van der Waals surface area contributed by atoms with Crippen LogP contribution in [0.5, 0.6) is 5.88 Å². The minimum Gasteiger partial charge on any atom is -0.493 e.